The van der Waals surface area contributed by atoms with E-state index < -0.39 is 0 Å². The number of hydrogen-bond donors (Lipinski definition) is 0. The molecule has 0 spiro atoms. The Labute approximate surface area is 230 Å². The molecule has 0 unspecified atom stereocenters. The summed E-state index contributed by atoms with van der Waals surface area (Å²) < 4.78 is 5.16. The van der Waals surface area contributed by atoms with E-state index in [0.29, 0.717) is 0 Å². The number of fused-ring (bicyclic) bond motifs is 10. The van der Waals surface area contributed by atoms with Crippen molar-refractivity contribution in [2.24, 2.45) is 0 Å². The molecule has 0 N–H and O–H groups in total. The Morgan fingerprint density at radius 2 is 1.08 bits per heavy atom. The lowest BCUT2D eigenvalue weighted by Crippen LogP contribution is -2.59. The maximum Gasteiger partial charge on any atom is 0.252 e. The van der Waals surface area contributed by atoms with E-state index in [2.05, 4.69) is 123 Å². The van der Waals surface area contributed by atoms with E-state index in [0.717, 1.165) is 13.1 Å². The summed E-state index contributed by atoms with van der Waals surface area (Å²) >= 11 is 2.07. The van der Waals surface area contributed by atoms with Crippen LogP contribution in [-0.4, -0.2) is 40.4 Å². The summed E-state index contributed by atoms with van der Waals surface area (Å²) in [5, 5.41) is 5.39. The van der Waals surface area contributed by atoms with Crippen molar-refractivity contribution < 1.29 is 0 Å². The minimum Gasteiger partial charge on any atom is -0.370 e. The van der Waals surface area contributed by atoms with Gasteiger partial charge >= 0.3 is 0 Å². The molecule has 5 aromatic carbocycles. The molecule has 10 rings (SSSR count). The molecule has 3 nitrogen and oxygen atoms in total. The molecule has 1 saturated heterocycles. The molecule has 5 heteroatoms. The Morgan fingerprint density at radius 3 is 1.64 bits per heavy atom. The van der Waals surface area contributed by atoms with Crippen LogP contribution < -0.4 is 21.3 Å². The molecule has 0 aliphatic carbocycles. The number of hydrogen-bond acceptors (Lipinski definition) is 2. The van der Waals surface area contributed by atoms with Gasteiger partial charge in [-0.2, -0.15) is 11.8 Å². The summed E-state index contributed by atoms with van der Waals surface area (Å²) in [4.78, 5) is 2.61. The lowest BCUT2D eigenvalue weighted by atomic mass is 9.34. The van der Waals surface area contributed by atoms with E-state index in [4.69, 9.17) is 0 Å². The number of benzene rings is 5. The molecule has 3 aliphatic rings. The van der Waals surface area contributed by atoms with Gasteiger partial charge in [-0.15, -0.1) is 0 Å². The fraction of sp³-hybridized carbons (Fsp3) is 0.118. The minimum atomic E-state index is 0.210. The van der Waals surface area contributed by atoms with Crippen molar-refractivity contribution in [3.05, 3.63) is 97.1 Å². The van der Waals surface area contributed by atoms with Gasteiger partial charge in [-0.25, -0.2) is 0 Å². The molecule has 0 bridgehead atoms. The highest BCUT2D eigenvalue weighted by atomic mass is 32.2. The van der Waals surface area contributed by atoms with Gasteiger partial charge in [-0.3, -0.25) is 0 Å². The van der Waals surface area contributed by atoms with Crippen LogP contribution in [0.2, 0.25) is 0 Å². The predicted molar refractivity (Wildman–Crippen MR) is 169 cm³/mol. The third-order valence-electron chi connectivity index (χ3n) is 9.34. The molecular formula is C34H24BN3S. The number of thioether (sulfide) groups is 1. The predicted octanol–water partition coefficient (Wildman–Crippen LogP) is 5.58. The second-order valence-electron chi connectivity index (χ2n) is 11.1. The Bertz CT molecular complexity index is 2040. The van der Waals surface area contributed by atoms with Crippen molar-refractivity contribution >= 4 is 84.2 Å². The zero-order valence-electron chi connectivity index (χ0n) is 21.4. The first-order chi connectivity index (χ1) is 19.4. The monoisotopic (exact) mass is 517 g/mol. The van der Waals surface area contributed by atoms with Gasteiger partial charge in [0.15, 0.2) is 0 Å². The summed E-state index contributed by atoms with van der Waals surface area (Å²) in [7, 11) is 0. The Balaban J connectivity index is 1.45. The first kappa shape index (κ1) is 20.8. The fourth-order valence-corrected chi connectivity index (χ4v) is 8.72. The average molecular weight is 517 g/mol. The Kier molecular flexibility index (Phi) is 3.90. The molecule has 5 heterocycles. The lowest BCUT2D eigenvalue weighted by Gasteiger charge is -2.36. The molecule has 0 radical (unpaired) electrons. The molecule has 7 aromatic rings. The van der Waals surface area contributed by atoms with E-state index >= 15 is 0 Å². The highest BCUT2D eigenvalue weighted by molar-refractivity contribution is 7.99. The van der Waals surface area contributed by atoms with Crippen LogP contribution in [0.1, 0.15) is 0 Å². The van der Waals surface area contributed by atoms with Gasteiger partial charge in [-0.05, 0) is 40.7 Å². The Hall–Kier alpha value is -4.09. The summed E-state index contributed by atoms with van der Waals surface area (Å²) in [6, 6.07) is 36.8. The summed E-state index contributed by atoms with van der Waals surface area (Å²) in [6.45, 7) is 2.41. The number of anilines is 1. The second kappa shape index (κ2) is 7.31. The first-order valence-corrected chi connectivity index (χ1v) is 15.1. The zero-order valence-corrected chi connectivity index (χ0v) is 22.2. The van der Waals surface area contributed by atoms with Crippen molar-refractivity contribution in [2.45, 2.75) is 0 Å². The van der Waals surface area contributed by atoms with Gasteiger partial charge in [0, 0.05) is 74.2 Å². The van der Waals surface area contributed by atoms with Gasteiger partial charge in [0.1, 0.15) is 0 Å². The van der Waals surface area contributed by atoms with E-state index in [1.807, 2.05) is 0 Å². The number of nitrogens with zero attached hydrogens (tertiary/aromatic N) is 3. The molecule has 0 atom stereocenters. The molecule has 184 valence electrons. The summed E-state index contributed by atoms with van der Waals surface area (Å²) in [5.74, 6) is 2.38. The highest BCUT2D eigenvalue weighted by Gasteiger charge is 2.41. The Morgan fingerprint density at radius 1 is 0.564 bits per heavy atom. The molecule has 3 aliphatic heterocycles. The van der Waals surface area contributed by atoms with Crippen molar-refractivity contribution in [3.63, 3.8) is 0 Å². The van der Waals surface area contributed by atoms with Crippen LogP contribution in [0, 0.1) is 0 Å². The third-order valence-corrected chi connectivity index (χ3v) is 10.3. The largest absolute Gasteiger partial charge is 0.370 e. The highest BCUT2D eigenvalue weighted by Crippen LogP contribution is 2.40. The average Bonchev–Trinajstić information content (AvgIpc) is 3.52. The standard InChI is InChI=1S/C34H24BN3S/c1-3-13-28-22(7-1)24-9-5-11-26-33(24)37(28)30-19-21(36-15-17-39-18-16-36)20-31-32(30)35(26)27-12-6-10-25-23-8-2-4-14-29(23)38(31)34(25)27/h1-14,19-20H,15-18H2. The van der Waals surface area contributed by atoms with Crippen LogP contribution in [0.25, 0.3) is 55.0 Å². The minimum absolute atomic E-state index is 0.210. The van der Waals surface area contributed by atoms with Crippen LogP contribution >= 0.6 is 11.8 Å². The van der Waals surface area contributed by atoms with Crippen molar-refractivity contribution in [3.8, 4) is 11.4 Å². The van der Waals surface area contributed by atoms with Gasteiger partial charge in [-0.1, -0.05) is 72.8 Å². The topological polar surface area (TPSA) is 13.1 Å². The third kappa shape index (κ3) is 2.48. The number of aromatic nitrogens is 2. The van der Waals surface area contributed by atoms with E-state index in [-0.39, 0.29) is 6.71 Å². The lowest BCUT2D eigenvalue weighted by molar-refractivity contribution is 0.857. The summed E-state index contributed by atoms with van der Waals surface area (Å²) in [5.41, 5.74) is 13.7. The second-order valence-corrected chi connectivity index (χ2v) is 12.3. The molecule has 2 aromatic heterocycles. The van der Waals surface area contributed by atoms with Crippen LogP contribution in [-0.2, 0) is 0 Å². The number of para-hydroxylation sites is 4. The molecule has 39 heavy (non-hydrogen) atoms. The molecule has 0 amide bonds. The van der Waals surface area contributed by atoms with E-state index in [1.54, 1.807) is 0 Å². The van der Waals surface area contributed by atoms with Crippen LogP contribution in [0.3, 0.4) is 0 Å². The SMILES string of the molecule is c1ccc2c(c1)c1cccc3c1n2-c1cc(N2CCSCC2)cc2c1B3c1cccc3c4ccccc4n-2c13. The normalized spacial score (nSPS) is 15.6. The zero-order chi connectivity index (χ0) is 25.2. The van der Waals surface area contributed by atoms with Crippen LogP contribution in [0.15, 0.2) is 97.1 Å². The van der Waals surface area contributed by atoms with E-state index in [9.17, 15) is 0 Å². The van der Waals surface area contributed by atoms with Crippen molar-refractivity contribution in [2.75, 3.05) is 29.5 Å². The van der Waals surface area contributed by atoms with Gasteiger partial charge in [0.2, 0.25) is 0 Å². The van der Waals surface area contributed by atoms with Gasteiger partial charge in [0.25, 0.3) is 6.71 Å². The number of rotatable bonds is 1. The van der Waals surface area contributed by atoms with Gasteiger partial charge in [0.05, 0.1) is 11.0 Å². The van der Waals surface area contributed by atoms with Crippen LogP contribution in [0.4, 0.5) is 5.69 Å². The molecule has 0 saturated carbocycles. The molecular weight excluding hydrogens is 493 g/mol. The van der Waals surface area contributed by atoms with Crippen molar-refractivity contribution in [1.29, 1.82) is 0 Å². The fourth-order valence-electron chi connectivity index (χ4n) is 7.81. The van der Waals surface area contributed by atoms with E-state index in [1.165, 1.54) is 88.6 Å². The smallest absolute Gasteiger partial charge is 0.252 e. The molecule has 1 fully saturated rings. The first-order valence-electron chi connectivity index (χ1n) is 13.9. The van der Waals surface area contributed by atoms with Crippen LogP contribution in [0.5, 0.6) is 0 Å². The quantitative estimate of drug-likeness (QED) is 0.264. The van der Waals surface area contributed by atoms with Gasteiger partial charge < -0.3 is 14.0 Å². The maximum absolute atomic E-state index is 2.61. The van der Waals surface area contributed by atoms with Crippen molar-refractivity contribution in [1.82, 2.24) is 9.13 Å². The summed E-state index contributed by atoms with van der Waals surface area (Å²) in [6.07, 6.45) is 0. The maximum atomic E-state index is 2.61.